The molecule has 0 saturated carbocycles. The molecule has 2 nitrogen and oxygen atoms in total. The molecule has 0 fully saturated rings. The second-order valence-corrected chi connectivity index (χ2v) is 3.62. The zero-order valence-corrected chi connectivity index (χ0v) is 8.82. The van der Waals surface area contributed by atoms with Crippen LogP contribution in [0.4, 0.5) is 17.6 Å². The van der Waals surface area contributed by atoms with Crippen molar-refractivity contribution >= 4 is 0 Å². The lowest BCUT2D eigenvalue weighted by molar-refractivity contribution is -0.158. The van der Waals surface area contributed by atoms with Crippen molar-refractivity contribution in [2.45, 2.75) is 26.1 Å². The van der Waals surface area contributed by atoms with Gasteiger partial charge in [0.2, 0.25) is 0 Å². The van der Waals surface area contributed by atoms with E-state index in [0.717, 1.165) is 6.07 Å². The molecule has 6 heteroatoms. The van der Waals surface area contributed by atoms with E-state index in [9.17, 15) is 17.6 Å². The molecule has 0 aliphatic carbocycles. The van der Waals surface area contributed by atoms with Crippen LogP contribution in [0.5, 0.6) is 0 Å². The molecule has 90 valence electrons. The molecule has 0 spiro atoms. The van der Waals surface area contributed by atoms with Crippen LogP contribution in [-0.4, -0.2) is 6.18 Å². The van der Waals surface area contributed by atoms with E-state index in [-0.39, 0.29) is 5.56 Å². The van der Waals surface area contributed by atoms with Crippen LogP contribution in [-0.2, 0) is 0 Å². The first-order chi connectivity index (χ1) is 7.27. The predicted molar refractivity (Wildman–Crippen MR) is 52.0 cm³/mol. The number of aryl methyl sites for hydroxylation is 2. The molecular weight excluding hydrogens is 224 g/mol. The average Bonchev–Trinajstić information content (AvgIpc) is 2.08. The molecule has 0 heterocycles. The Morgan fingerprint density at radius 1 is 1.25 bits per heavy atom. The molecule has 0 aliphatic rings. The van der Waals surface area contributed by atoms with Crippen molar-refractivity contribution in [3.05, 3.63) is 34.6 Å². The highest BCUT2D eigenvalue weighted by Crippen LogP contribution is 2.35. The Morgan fingerprint density at radius 3 is 2.19 bits per heavy atom. The molecule has 3 N–H and O–H groups in total. The lowest BCUT2D eigenvalue weighted by Gasteiger charge is -2.22. The van der Waals surface area contributed by atoms with Crippen LogP contribution in [0, 0.1) is 19.7 Å². The molecule has 0 aliphatic heterocycles. The third kappa shape index (κ3) is 2.51. The number of alkyl halides is 3. The van der Waals surface area contributed by atoms with Gasteiger partial charge in [-0.05, 0) is 31.0 Å². The van der Waals surface area contributed by atoms with Crippen molar-refractivity contribution in [3.63, 3.8) is 0 Å². The minimum Gasteiger partial charge on any atom is -0.271 e. The maximum Gasteiger partial charge on any atom is 0.409 e. The van der Waals surface area contributed by atoms with Crippen LogP contribution in [0.1, 0.15) is 22.7 Å². The number of halogens is 4. The third-order valence-corrected chi connectivity index (χ3v) is 2.26. The van der Waals surface area contributed by atoms with Crippen LogP contribution >= 0.6 is 0 Å². The van der Waals surface area contributed by atoms with Gasteiger partial charge in [-0.2, -0.15) is 13.2 Å². The van der Waals surface area contributed by atoms with E-state index in [2.05, 4.69) is 0 Å². The standard InChI is InChI=1S/C10H12F4N2/c1-5-3-6(2)8(7(11)4-5)9(16-15)10(12,13)14/h3-4,9,16H,15H2,1-2H3. The number of nitrogens with one attached hydrogen (secondary N) is 1. The first-order valence-corrected chi connectivity index (χ1v) is 4.57. The average molecular weight is 236 g/mol. The highest BCUT2D eigenvalue weighted by molar-refractivity contribution is 5.35. The Labute approximate surface area is 90.4 Å². The van der Waals surface area contributed by atoms with E-state index >= 15 is 0 Å². The normalized spacial score (nSPS) is 13.9. The zero-order valence-electron chi connectivity index (χ0n) is 8.82. The van der Waals surface area contributed by atoms with E-state index in [1.54, 1.807) is 12.3 Å². The molecular formula is C10H12F4N2. The number of benzene rings is 1. The number of hydrogen-bond donors (Lipinski definition) is 2. The van der Waals surface area contributed by atoms with Crippen molar-refractivity contribution in [3.8, 4) is 0 Å². The minimum absolute atomic E-state index is 0.220. The van der Waals surface area contributed by atoms with Crippen molar-refractivity contribution in [2.75, 3.05) is 0 Å². The topological polar surface area (TPSA) is 38.0 Å². The van der Waals surface area contributed by atoms with Crippen LogP contribution in [0.3, 0.4) is 0 Å². The Balaban J connectivity index is 3.31. The Bertz CT molecular complexity index is 364. The highest BCUT2D eigenvalue weighted by atomic mass is 19.4. The molecule has 0 amide bonds. The van der Waals surface area contributed by atoms with Crippen LogP contribution in [0.2, 0.25) is 0 Å². The molecule has 0 aromatic heterocycles. The molecule has 1 aromatic carbocycles. The summed E-state index contributed by atoms with van der Waals surface area (Å²) >= 11 is 0. The van der Waals surface area contributed by atoms with Gasteiger partial charge in [0.05, 0.1) is 0 Å². The zero-order chi connectivity index (χ0) is 12.5. The summed E-state index contributed by atoms with van der Waals surface area (Å²) in [5, 5.41) is 0. The lowest BCUT2D eigenvalue weighted by atomic mass is 9.98. The van der Waals surface area contributed by atoms with Gasteiger partial charge >= 0.3 is 6.18 Å². The maximum absolute atomic E-state index is 13.5. The summed E-state index contributed by atoms with van der Waals surface area (Å²) in [6.45, 7) is 3.03. The molecule has 1 unspecified atom stereocenters. The summed E-state index contributed by atoms with van der Waals surface area (Å²) in [5.74, 6) is 3.93. The minimum atomic E-state index is -4.63. The van der Waals surface area contributed by atoms with Crippen molar-refractivity contribution < 1.29 is 17.6 Å². The fourth-order valence-electron chi connectivity index (χ4n) is 1.63. The molecule has 0 bridgehead atoms. The summed E-state index contributed by atoms with van der Waals surface area (Å²) in [5.41, 5.74) is 1.92. The van der Waals surface area contributed by atoms with Crippen molar-refractivity contribution in [2.24, 2.45) is 5.84 Å². The lowest BCUT2D eigenvalue weighted by Crippen LogP contribution is -2.39. The van der Waals surface area contributed by atoms with E-state index in [1.807, 2.05) is 0 Å². The fraction of sp³-hybridized carbons (Fsp3) is 0.400. The number of rotatable bonds is 2. The number of hydrogen-bond acceptors (Lipinski definition) is 2. The van der Waals surface area contributed by atoms with E-state index in [0.29, 0.717) is 5.56 Å². The summed E-state index contributed by atoms with van der Waals surface area (Å²) in [4.78, 5) is 0. The number of nitrogens with two attached hydrogens (primary N) is 1. The summed E-state index contributed by atoms with van der Waals surface area (Å²) in [6, 6.07) is 0.348. The highest BCUT2D eigenvalue weighted by Gasteiger charge is 2.42. The monoisotopic (exact) mass is 236 g/mol. The van der Waals surface area contributed by atoms with Gasteiger partial charge in [0.1, 0.15) is 11.9 Å². The summed E-state index contributed by atoms with van der Waals surface area (Å²) < 4.78 is 51.2. The van der Waals surface area contributed by atoms with Crippen LogP contribution in [0.25, 0.3) is 0 Å². The predicted octanol–water partition coefficient (Wildman–Crippen LogP) is 2.51. The van der Waals surface area contributed by atoms with Gasteiger partial charge in [0, 0.05) is 5.56 Å². The summed E-state index contributed by atoms with van der Waals surface area (Å²) in [7, 11) is 0. The van der Waals surface area contributed by atoms with Gasteiger partial charge in [0.15, 0.2) is 0 Å². The molecule has 1 aromatic rings. The van der Waals surface area contributed by atoms with Crippen molar-refractivity contribution in [1.82, 2.24) is 5.43 Å². The molecule has 16 heavy (non-hydrogen) atoms. The smallest absolute Gasteiger partial charge is 0.271 e. The summed E-state index contributed by atoms with van der Waals surface area (Å²) in [6.07, 6.45) is -4.63. The van der Waals surface area contributed by atoms with Gasteiger partial charge in [-0.3, -0.25) is 5.84 Å². The van der Waals surface area contributed by atoms with Gasteiger partial charge < -0.3 is 0 Å². The Morgan fingerprint density at radius 2 is 1.81 bits per heavy atom. The molecule has 0 saturated heterocycles. The second-order valence-electron chi connectivity index (χ2n) is 3.62. The van der Waals surface area contributed by atoms with E-state index in [4.69, 9.17) is 5.84 Å². The molecule has 0 radical (unpaired) electrons. The van der Waals surface area contributed by atoms with E-state index in [1.165, 1.54) is 13.0 Å². The molecule has 1 atom stereocenters. The first-order valence-electron chi connectivity index (χ1n) is 4.57. The van der Waals surface area contributed by atoms with Gasteiger partial charge in [-0.25, -0.2) is 9.82 Å². The quantitative estimate of drug-likeness (QED) is 0.470. The molecule has 1 rings (SSSR count). The fourth-order valence-corrected chi connectivity index (χ4v) is 1.63. The SMILES string of the molecule is Cc1cc(C)c(C(NN)C(F)(F)F)c(F)c1. The second kappa shape index (κ2) is 4.39. The van der Waals surface area contributed by atoms with Gasteiger partial charge in [-0.15, -0.1) is 0 Å². The van der Waals surface area contributed by atoms with Gasteiger partial charge in [0.25, 0.3) is 0 Å². The van der Waals surface area contributed by atoms with E-state index < -0.39 is 23.6 Å². The van der Waals surface area contributed by atoms with Crippen molar-refractivity contribution in [1.29, 1.82) is 0 Å². The van der Waals surface area contributed by atoms with Crippen LogP contribution in [0.15, 0.2) is 12.1 Å². The largest absolute Gasteiger partial charge is 0.409 e. The maximum atomic E-state index is 13.5. The Hall–Kier alpha value is -1.14. The Kier molecular flexibility index (Phi) is 3.54. The number of hydrazine groups is 1. The first kappa shape index (κ1) is 12.9. The van der Waals surface area contributed by atoms with Crippen LogP contribution < -0.4 is 11.3 Å². The third-order valence-electron chi connectivity index (χ3n) is 2.26. The van der Waals surface area contributed by atoms with Gasteiger partial charge in [-0.1, -0.05) is 6.07 Å².